The summed E-state index contributed by atoms with van der Waals surface area (Å²) in [6.45, 7) is 3.21. The summed E-state index contributed by atoms with van der Waals surface area (Å²) in [6, 6.07) is 4.37. The molecule has 1 saturated heterocycles. The van der Waals surface area contributed by atoms with Crippen molar-refractivity contribution in [1.29, 1.82) is 0 Å². The van der Waals surface area contributed by atoms with Crippen molar-refractivity contribution < 1.29 is 18.3 Å². The van der Waals surface area contributed by atoms with E-state index in [1.54, 1.807) is 24.4 Å². The number of amides is 1. The van der Waals surface area contributed by atoms with Crippen LogP contribution in [0, 0.1) is 31.4 Å². The van der Waals surface area contributed by atoms with Crippen molar-refractivity contribution in [1.82, 2.24) is 24.6 Å². The van der Waals surface area contributed by atoms with Gasteiger partial charge in [0, 0.05) is 18.3 Å². The fourth-order valence-corrected chi connectivity index (χ4v) is 6.52. The summed E-state index contributed by atoms with van der Waals surface area (Å²) in [5.74, 6) is -0.763. The van der Waals surface area contributed by atoms with Crippen LogP contribution in [0.3, 0.4) is 0 Å². The van der Waals surface area contributed by atoms with Crippen molar-refractivity contribution >= 4 is 11.6 Å². The van der Waals surface area contributed by atoms with Crippen LogP contribution in [0.15, 0.2) is 24.4 Å². The average Bonchev–Trinajstić information content (AvgIpc) is 3.29. The van der Waals surface area contributed by atoms with Crippen molar-refractivity contribution in [2.75, 3.05) is 7.05 Å². The third-order valence-corrected chi connectivity index (χ3v) is 8.11. The lowest BCUT2D eigenvalue weighted by Gasteiger charge is -2.48. The van der Waals surface area contributed by atoms with Crippen molar-refractivity contribution in [3.8, 4) is 5.88 Å². The number of likely N-dealkylation sites (N-methyl/N-ethyl adjacent to an activating group) is 1. The Kier molecular flexibility index (Phi) is 4.71. The summed E-state index contributed by atoms with van der Waals surface area (Å²) in [5, 5.41) is 3.27. The summed E-state index contributed by atoms with van der Waals surface area (Å²) in [4.78, 5) is 24.8. The molecule has 1 spiro atoms. The van der Waals surface area contributed by atoms with Gasteiger partial charge in [0.1, 0.15) is 23.9 Å². The second-order valence-corrected chi connectivity index (χ2v) is 9.82. The third-order valence-electron chi connectivity index (χ3n) is 8.11. The number of ether oxygens (including phenoxy) is 1. The predicted octanol–water partition coefficient (Wildman–Crippen LogP) is 3.56. The lowest BCUT2D eigenvalue weighted by atomic mass is 9.61. The monoisotopic (exact) mass is 467 g/mol. The molecule has 3 fully saturated rings. The van der Waals surface area contributed by atoms with E-state index < -0.39 is 11.6 Å². The first kappa shape index (κ1) is 21.5. The Morgan fingerprint density at radius 1 is 1.24 bits per heavy atom. The molecule has 2 aliphatic carbocycles. The van der Waals surface area contributed by atoms with Gasteiger partial charge in [0.25, 0.3) is 11.8 Å². The average molecular weight is 468 g/mol. The number of hydrogen-bond donors (Lipinski definition) is 1. The Labute approximate surface area is 196 Å². The normalized spacial score (nSPS) is 29.2. The zero-order chi connectivity index (χ0) is 23.8. The quantitative estimate of drug-likeness (QED) is 0.581. The minimum Gasteiger partial charge on any atom is -0.470 e. The fourth-order valence-electron chi connectivity index (χ4n) is 6.52. The maximum Gasteiger partial charge on any atom is 0.270 e. The first-order valence-electron chi connectivity index (χ1n) is 11.8. The Balaban J connectivity index is 1.28. The summed E-state index contributed by atoms with van der Waals surface area (Å²) < 4.78 is 35.5. The van der Waals surface area contributed by atoms with E-state index in [2.05, 4.69) is 27.2 Å². The van der Waals surface area contributed by atoms with Crippen molar-refractivity contribution in [3.63, 3.8) is 0 Å². The Hall–Kier alpha value is -3.07. The molecular formula is C25H27F2N5O2. The number of rotatable bonds is 5. The van der Waals surface area contributed by atoms with Crippen LogP contribution >= 0.6 is 0 Å². The van der Waals surface area contributed by atoms with Crippen LogP contribution in [0.5, 0.6) is 5.88 Å². The van der Waals surface area contributed by atoms with Crippen molar-refractivity contribution in [3.05, 3.63) is 58.7 Å². The number of hydrogen-bond acceptors (Lipinski definition) is 5. The van der Waals surface area contributed by atoms with Gasteiger partial charge >= 0.3 is 0 Å². The molecule has 1 aliphatic heterocycles. The number of carbonyl (C=O) groups is 1. The minimum absolute atomic E-state index is 0.123. The van der Waals surface area contributed by atoms with Gasteiger partial charge in [-0.2, -0.15) is 0 Å². The van der Waals surface area contributed by atoms with E-state index in [4.69, 9.17) is 4.74 Å². The van der Waals surface area contributed by atoms with Gasteiger partial charge in [-0.25, -0.2) is 18.7 Å². The molecule has 9 heteroatoms. The van der Waals surface area contributed by atoms with Crippen molar-refractivity contribution in [2.24, 2.45) is 5.92 Å². The molecule has 2 saturated carbocycles. The van der Waals surface area contributed by atoms with Crippen LogP contribution in [0.25, 0.3) is 5.65 Å². The molecule has 1 amide bonds. The number of aryl methyl sites for hydroxylation is 2. The minimum atomic E-state index is -0.687. The Bertz CT molecular complexity index is 1300. The van der Waals surface area contributed by atoms with Crippen LogP contribution in [-0.2, 0) is 6.61 Å². The molecule has 0 radical (unpaired) electrons. The second-order valence-electron chi connectivity index (χ2n) is 9.82. The molecule has 5 atom stereocenters. The van der Waals surface area contributed by atoms with Gasteiger partial charge < -0.3 is 10.1 Å². The molecule has 1 N–H and O–H groups in total. The van der Waals surface area contributed by atoms with Crippen LogP contribution in [-0.4, -0.2) is 49.8 Å². The highest BCUT2D eigenvalue weighted by atomic mass is 19.1. The first-order valence-corrected chi connectivity index (χ1v) is 11.8. The largest absolute Gasteiger partial charge is 0.470 e. The number of aromatic nitrogens is 3. The smallest absolute Gasteiger partial charge is 0.270 e. The highest BCUT2D eigenvalue weighted by Crippen LogP contribution is 2.63. The van der Waals surface area contributed by atoms with E-state index in [9.17, 15) is 13.6 Å². The van der Waals surface area contributed by atoms with Gasteiger partial charge in [-0.15, -0.1) is 0 Å². The number of imidazole rings is 1. The van der Waals surface area contributed by atoms with Gasteiger partial charge in [-0.3, -0.25) is 14.1 Å². The molecule has 3 aromatic rings. The lowest BCUT2D eigenvalue weighted by Crippen LogP contribution is -2.62. The van der Waals surface area contributed by atoms with Crippen LogP contribution < -0.4 is 10.1 Å². The van der Waals surface area contributed by atoms with Gasteiger partial charge in [-0.1, -0.05) is 12.5 Å². The lowest BCUT2D eigenvalue weighted by molar-refractivity contribution is 0.0654. The number of likely N-dealkylation sites (tertiary alicyclic amines) is 1. The molecule has 3 heterocycles. The zero-order valence-corrected chi connectivity index (χ0v) is 19.4. The summed E-state index contributed by atoms with van der Waals surface area (Å²) >= 11 is 0. The fraction of sp³-hybridized carbons (Fsp3) is 0.480. The Morgan fingerprint density at radius 2 is 2.00 bits per heavy atom. The van der Waals surface area contributed by atoms with E-state index >= 15 is 0 Å². The zero-order valence-electron chi connectivity index (χ0n) is 19.4. The highest BCUT2D eigenvalue weighted by molar-refractivity contribution is 5.95. The molecule has 7 nitrogen and oxygen atoms in total. The SMILES string of the molecule is Cc1cn2c(C(=O)NC3CC4CCCC5N(C)C435)c(C)nc2c(OCc2c(F)cccc2F)n1. The maximum absolute atomic E-state index is 14.0. The first-order chi connectivity index (χ1) is 16.3. The van der Waals surface area contributed by atoms with Gasteiger partial charge in [0.15, 0.2) is 0 Å². The molecule has 3 aliphatic rings. The molecule has 34 heavy (non-hydrogen) atoms. The second kappa shape index (κ2) is 7.46. The summed E-state index contributed by atoms with van der Waals surface area (Å²) in [5.41, 5.74) is 1.85. The van der Waals surface area contributed by atoms with E-state index in [1.807, 2.05) is 0 Å². The van der Waals surface area contributed by atoms with E-state index in [1.165, 1.54) is 37.5 Å². The van der Waals surface area contributed by atoms with Gasteiger partial charge in [0.2, 0.25) is 5.65 Å². The number of halogens is 2. The molecule has 0 bridgehead atoms. The van der Waals surface area contributed by atoms with Crippen LogP contribution in [0.4, 0.5) is 8.78 Å². The van der Waals surface area contributed by atoms with E-state index in [0.717, 1.165) is 6.42 Å². The highest BCUT2D eigenvalue weighted by Gasteiger charge is 2.75. The predicted molar refractivity (Wildman–Crippen MR) is 121 cm³/mol. The topological polar surface area (TPSA) is 71.5 Å². The van der Waals surface area contributed by atoms with E-state index in [-0.39, 0.29) is 35.5 Å². The summed E-state index contributed by atoms with van der Waals surface area (Å²) in [6.07, 6.45) is 6.43. The maximum atomic E-state index is 14.0. The number of fused-ring (bicyclic) bond motifs is 1. The van der Waals surface area contributed by atoms with Crippen molar-refractivity contribution in [2.45, 2.75) is 63.8 Å². The van der Waals surface area contributed by atoms with E-state index in [0.29, 0.717) is 34.7 Å². The molecule has 2 aromatic heterocycles. The number of nitrogens with one attached hydrogen (secondary N) is 1. The standard InChI is InChI=1S/C25H27F2N5O2/c1-13-11-32-21(23(33)30-19-10-15-6-4-9-20-25(15,19)31(20)3)14(2)29-22(32)24(28-13)34-12-16-17(26)7-5-8-18(16)27/h5,7-8,11,15,19-20H,4,6,9-10,12H2,1-3H3,(H,30,33). The number of nitrogens with zero attached hydrogens (tertiary/aromatic N) is 4. The molecule has 1 aromatic carbocycles. The van der Waals surface area contributed by atoms with Gasteiger partial charge in [0.05, 0.1) is 22.5 Å². The van der Waals surface area contributed by atoms with Crippen LogP contribution in [0.2, 0.25) is 0 Å². The van der Waals surface area contributed by atoms with Gasteiger partial charge in [-0.05, 0) is 58.2 Å². The third kappa shape index (κ3) is 2.92. The number of carbonyl (C=O) groups excluding carboxylic acids is 1. The molecular weight excluding hydrogens is 440 g/mol. The van der Waals surface area contributed by atoms with Crippen LogP contribution in [0.1, 0.15) is 53.1 Å². The Morgan fingerprint density at radius 3 is 2.74 bits per heavy atom. The molecule has 6 rings (SSSR count). The molecule has 178 valence electrons. The molecule has 5 unspecified atom stereocenters. The summed E-state index contributed by atoms with van der Waals surface area (Å²) in [7, 11) is 2.16. The number of benzene rings is 1.